The number of nitrogens with one attached hydrogen (secondary N) is 1. The van der Waals surface area contributed by atoms with Crippen molar-refractivity contribution >= 4 is 11.9 Å². The van der Waals surface area contributed by atoms with E-state index in [9.17, 15) is 9.90 Å². The van der Waals surface area contributed by atoms with Crippen LogP contribution in [0.5, 0.6) is 23.0 Å². The van der Waals surface area contributed by atoms with Crippen LogP contribution < -0.4 is 19.1 Å². The summed E-state index contributed by atoms with van der Waals surface area (Å²) in [7, 11) is 3.15. The minimum Gasteiger partial charge on any atom is -0.507 e. The van der Waals surface area contributed by atoms with Gasteiger partial charge in [0.15, 0.2) is 11.5 Å². The summed E-state index contributed by atoms with van der Waals surface area (Å²) in [6.07, 6.45) is 4.05. The number of Topliss-reactive ketones (excluding diaryl/α,β-unsaturated/α-hetero) is 1. The molecule has 1 fully saturated rings. The number of rotatable bonds is 5. The Morgan fingerprint density at radius 2 is 1.93 bits per heavy atom. The average molecular weight is 382 g/mol. The van der Waals surface area contributed by atoms with Crippen LogP contribution >= 0.6 is 0 Å². The van der Waals surface area contributed by atoms with Crippen molar-refractivity contribution in [3.8, 4) is 23.0 Å². The van der Waals surface area contributed by atoms with Gasteiger partial charge in [0.25, 0.3) is 0 Å². The fraction of sp³-hybridized carbons (Fsp3) is 0.318. The Hall–Kier alpha value is -2.99. The van der Waals surface area contributed by atoms with Gasteiger partial charge in [-0.15, -0.1) is 0 Å². The summed E-state index contributed by atoms with van der Waals surface area (Å²) in [5, 5.41) is 10.4. The van der Waals surface area contributed by atoms with Gasteiger partial charge >= 0.3 is 0 Å². The predicted molar refractivity (Wildman–Crippen MR) is 104 cm³/mol. The van der Waals surface area contributed by atoms with Crippen LogP contribution in [-0.4, -0.2) is 38.2 Å². The Labute approximate surface area is 163 Å². The summed E-state index contributed by atoms with van der Waals surface area (Å²) in [5.41, 5.74) is 1.91. The van der Waals surface area contributed by atoms with Crippen LogP contribution in [0.2, 0.25) is 0 Å². The highest BCUT2D eigenvalue weighted by Gasteiger charge is 2.33. The summed E-state index contributed by atoms with van der Waals surface area (Å²) in [5.74, 6) is 1.94. The molecule has 0 saturated carbocycles. The third-order valence-corrected chi connectivity index (χ3v) is 5.38. The standard InChI is InChI=1S/C22H23NO5/c1-26-15-6-5-14(19(12-15)27-2)11-20-21(25)16-7-8-18(24)17(22(16)28-20)13-23-9-3-4-10-23/h5-8,11-12,24H,3-4,9-10,13H2,1-2H3/p+1/b20-11-. The molecule has 2 aliphatic heterocycles. The molecule has 2 aliphatic rings. The van der Waals surface area contributed by atoms with Gasteiger partial charge in [0, 0.05) is 24.5 Å². The summed E-state index contributed by atoms with van der Waals surface area (Å²) >= 11 is 0. The zero-order chi connectivity index (χ0) is 19.7. The number of hydrogen-bond donors (Lipinski definition) is 2. The highest BCUT2D eigenvalue weighted by molar-refractivity contribution is 6.15. The molecule has 2 N–H and O–H groups in total. The van der Waals surface area contributed by atoms with Crippen molar-refractivity contribution in [2.24, 2.45) is 0 Å². The van der Waals surface area contributed by atoms with Gasteiger partial charge < -0.3 is 24.2 Å². The maximum atomic E-state index is 12.9. The minimum absolute atomic E-state index is 0.175. The van der Waals surface area contributed by atoms with E-state index in [1.165, 1.54) is 17.7 Å². The first-order valence-corrected chi connectivity index (χ1v) is 9.45. The number of likely N-dealkylation sites (tertiary alicyclic amines) is 1. The van der Waals surface area contributed by atoms with Crippen LogP contribution in [0.25, 0.3) is 6.08 Å². The highest BCUT2D eigenvalue weighted by atomic mass is 16.5. The lowest BCUT2D eigenvalue weighted by atomic mass is 10.0. The molecular formula is C22H24NO5+. The lowest BCUT2D eigenvalue weighted by molar-refractivity contribution is -0.901. The third kappa shape index (κ3) is 3.31. The van der Waals surface area contributed by atoms with Gasteiger partial charge in [0.2, 0.25) is 5.78 Å². The Kier molecular flexibility index (Phi) is 4.96. The normalized spacial score (nSPS) is 17.6. The second-order valence-corrected chi connectivity index (χ2v) is 7.12. The second-order valence-electron chi connectivity index (χ2n) is 7.12. The SMILES string of the molecule is COc1ccc(/C=C2\Oc3c(ccc(O)c3C[NH+]3CCCC3)C2=O)c(OC)c1. The molecule has 0 spiro atoms. The van der Waals surface area contributed by atoms with Crippen molar-refractivity contribution in [2.75, 3.05) is 27.3 Å². The number of fused-ring (bicyclic) bond motifs is 1. The number of benzene rings is 2. The third-order valence-electron chi connectivity index (χ3n) is 5.38. The van der Waals surface area contributed by atoms with Gasteiger partial charge in [0.05, 0.1) is 38.4 Å². The number of ether oxygens (including phenoxy) is 3. The number of aromatic hydroxyl groups is 1. The first kappa shape index (κ1) is 18.4. The van der Waals surface area contributed by atoms with Crippen molar-refractivity contribution in [1.29, 1.82) is 0 Å². The van der Waals surface area contributed by atoms with Crippen molar-refractivity contribution in [3.05, 3.63) is 52.8 Å². The zero-order valence-corrected chi connectivity index (χ0v) is 16.1. The molecule has 0 amide bonds. The quantitative estimate of drug-likeness (QED) is 0.776. The first-order chi connectivity index (χ1) is 13.6. The highest BCUT2D eigenvalue weighted by Crippen LogP contribution is 2.40. The molecule has 146 valence electrons. The molecule has 0 atom stereocenters. The number of ketones is 1. The second kappa shape index (κ2) is 7.56. The summed E-state index contributed by atoms with van der Waals surface area (Å²) in [6, 6.07) is 8.59. The first-order valence-electron chi connectivity index (χ1n) is 9.45. The van der Waals surface area contributed by atoms with E-state index in [0.29, 0.717) is 34.9 Å². The number of quaternary nitrogens is 1. The molecule has 4 rings (SSSR count). The molecule has 0 aliphatic carbocycles. The molecule has 2 aromatic rings. The molecule has 0 bridgehead atoms. The van der Waals surface area contributed by atoms with E-state index in [0.717, 1.165) is 18.7 Å². The largest absolute Gasteiger partial charge is 0.507 e. The van der Waals surface area contributed by atoms with Crippen molar-refractivity contribution in [2.45, 2.75) is 19.4 Å². The van der Waals surface area contributed by atoms with Gasteiger partial charge in [-0.3, -0.25) is 4.79 Å². The number of carbonyl (C=O) groups is 1. The Balaban J connectivity index is 1.68. The van der Waals surface area contributed by atoms with Crippen LogP contribution in [-0.2, 0) is 6.54 Å². The number of hydrogen-bond acceptors (Lipinski definition) is 5. The molecule has 0 aromatic heterocycles. The van der Waals surface area contributed by atoms with E-state index in [1.54, 1.807) is 44.6 Å². The minimum atomic E-state index is -0.189. The van der Waals surface area contributed by atoms with Crippen LogP contribution in [0.3, 0.4) is 0 Å². The lowest BCUT2D eigenvalue weighted by Crippen LogP contribution is -3.08. The van der Waals surface area contributed by atoms with E-state index in [4.69, 9.17) is 14.2 Å². The number of phenolic OH excluding ortho intramolecular Hbond substituents is 1. The predicted octanol–water partition coefficient (Wildman–Crippen LogP) is 2.20. The molecule has 0 radical (unpaired) electrons. The number of methoxy groups -OCH3 is 2. The molecule has 1 saturated heterocycles. The van der Waals surface area contributed by atoms with Crippen molar-refractivity contribution in [3.63, 3.8) is 0 Å². The smallest absolute Gasteiger partial charge is 0.231 e. The Morgan fingerprint density at radius 3 is 2.64 bits per heavy atom. The maximum Gasteiger partial charge on any atom is 0.231 e. The monoisotopic (exact) mass is 382 g/mol. The number of carbonyl (C=O) groups excluding carboxylic acids is 1. The molecule has 2 heterocycles. The zero-order valence-electron chi connectivity index (χ0n) is 16.1. The number of phenols is 1. The summed E-state index contributed by atoms with van der Waals surface area (Å²) in [6.45, 7) is 2.80. The topological polar surface area (TPSA) is 69.4 Å². The van der Waals surface area contributed by atoms with Crippen LogP contribution in [0.1, 0.15) is 34.3 Å². The van der Waals surface area contributed by atoms with E-state index in [1.807, 2.05) is 6.07 Å². The Bertz CT molecular complexity index is 944. The van der Waals surface area contributed by atoms with E-state index < -0.39 is 0 Å². The van der Waals surface area contributed by atoms with Gasteiger partial charge in [0.1, 0.15) is 23.8 Å². The van der Waals surface area contributed by atoms with Gasteiger partial charge in [-0.2, -0.15) is 0 Å². The van der Waals surface area contributed by atoms with Crippen LogP contribution in [0.4, 0.5) is 0 Å². The average Bonchev–Trinajstić information content (AvgIpc) is 3.33. The lowest BCUT2D eigenvalue weighted by Gasteiger charge is -2.15. The van der Waals surface area contributed by atoms with Gasteiger partial charge in [-0.25, -0.2) is 0 Å². The molecule has 28 heavy (non-hydrogen) atoms. The van der Waals surface area contributed by atoms with Crippen LogP contribution in [0, 0.1) is 0 Å². The van der Waals surface area contributed by atoms with E-state index >= 15 is 0 Å². The fourth-order valence-corrected chi connectivity index (χ4v) is 3.85. The molecular weight excluding hydrogens is 358 g/mol. The van der Waals surface area contributed by atoms with E-state index in [2.05, 4.69) is 0 Å². The Morgan fingerprint density at radius 1 is 1.14 bits per heavy atom. The summed E-state index contributed by atoms with van der Waals surface area (Å²) in [4.78, 5) is 14.3. The molecule has 6 nitrogen and oxygen atoms in total. The van der Waals surface area contributed by atoms with Gasteiger partial charge in [-0.05, 0) is 30.3 Å². The molecule has 0 unspecified atom stereocenters. The maximum absolute atomic E-state index is 12.9. The van der Waals surface area contributed by atoms with Gasteiger partial charge in [-0.1, -0.05) is 0 Å². The molecule has 2 aromatic carbocycles. The number of allylic oxidation sites excluding steroid dienone is 1. The summed E-state index contributed by atoms with van der Waals surface area (Å²) < 4.78 is 16.6. The van der Waals surface area contributed by atoms with E-state index in [-0.39, 0.29) is 17.3 Å². The molecule has 6 heteroatoms. The van der Waals surface area contributed by atoms with Crippen molar-refractivity contribution in [1.82, 2.24) is 0 Å². The van der Waals surface area contributed by atoms with Crippen LogP contribution in [0.15, 0.2) is 36.1 Å². The van der Waals surface area contributed by atoms with Crippen molar-refractivity contribution < 1.29 is 29.0 Å². The fourth-order valence-electron chi connectivity index (χ4n) is 3.85.